The first-order chi connectivity index (χ1) is 19.6. The molecule has 0 radical (unpaired) electrons. The van der Waals surface area contributed by atoms with E-state index >= 15 is 0 Å². The highest BCUT2D eigenvalue weighted by Gasteiger charge is 2.38. The van der Waals surface area contributed by atoms with Crippen molar-refractivity contribution < 1.29 is 9.53 Å². The number of likely N-dealkylation sites (N-methyl/N-ethyl adjacent to an activating group) is 1. The number of fused-ring (bicyclic) bond motifs is 1. The van der Waals surface area contributed by atoms with Gasteiger partial charge in [0.15, 0.2) is 0 Å². The van der Waals surface area contributed by atoms with Crippen LogP contribution in [0.5, 0.6) is 5.75 Å². The average Bonchev–Trinajstić information content (AvgIpc) is 3.49. The second kappa shape index (κ2) is 11.4. The summed E-state index contributed by atoms with van der Waals surface area (Å²) >= 11 is 0. The van der Waals surface area contributed by atoms with Crippen LogP contribution in [0.2, 0.25) is 0 Å². The van der Waals surface area contributed by atoms with Crippen LogP contribution in [-0.2, 0) is 10.2 Å². The van der Waals surface area contributed by atoms with E-state index in [0.29, 0.717) is 29.0 Å². The first-order valence-electron chi connectivity index (χ1n) is 14.0. The molecule has 1 amide bonds. The second-order valence-electron chi connectivity index (χ2n) is 11.7. The van der Waals surface area contributed by atoms with Gasteiger partial charge in [-0.2, -0.15) is 0 Å². The van der Waals surface area contributed by atoms with Crippen LogP contribution < -0.4 is 25.2 Å². The van der Waals surface area contributed by atoms with Gasteiger partial charge in [0, 0.05) is 48.9 Å². The number of carbonyl (C=O) groups excluding carboxylic acids is 1. The fourth-order valence-electron chi connectivity index (χ4n) is 5.85. The monoisotopic (exact) mass is 556 g/mol. The minimum atomic E-state index is -0.269. The van der Waals surface area contributed by atoms with Crippen molar-refractivity contribution in [3.63, 3.8) is 0 Å². The Morgan fingerprint density at radius 2 is 2.00 bits per heavy atom. The van der Waals surface area contributed by atoms with Crippen molar-refractivity contribution in [1.29, 1.82) is 0 Å². The van der Waals surface area contributed by atoms with E-state index in [1.165, 1.54) is 6.08 Å². The molecule has 1 atom stereocenters. The van der Waals surface area contributed by atoms with E-state index in [-0.39, 0.29) is 11.3 Å². The van der Waals surface area contributed by atoms with Crippen molar-refractivity contribution in [1.82, 2.24) is 19.9 Å². The fourth-order valence-corrected chi connectivity index (χ4v) is 5.85. The van der Waals surface area contributed by atoms with Gasteiger partial charge in [-0.05, 0) is 58.1 Å². The number of nitrogens with zero attached hydrogens (tertiary/aromatic N) is 6. The summed E-state index contributed by atoms with van der Waals surface area (Å²) in [6, 6.07) is 10.3. The highest BCUT2D eigenvalue weighted by Crippen LogP contribution is 2.44. The van der Waals surface area contributed by atoms with Gasteiger partial charge in [0.1, 0.15) is 23.7 Å². The molecule has 2 aliphatic rings. The minimum Gasteiger partial charge on any atom is -0.494 e. The van der Waals surface area contributed by atoms with Gasteiger partial charge in [-0.25, -0.2) is 9.97 Å². The van der Waals surface area contributed by atoms with E-state index < -0.39 is 0 Å². The van der Waals surface area contributed by atoms with Gasteiger partial charge < -0.3 is 30.1 Å². The third-order valence-electron chi connectivity index (χ3n) is 7.71. The van der Waals surface area contributed by atoms with Gasteiger partial charge in [0.2, 0.25) is 5.91 Å². The summed E-state index contributed by atoms with van der Waals surface area (Å²) in [5.41, 5.74) is 5.31. The number of aromatic nitrogens is 3. The number of amides is 1. The Kier molecular flexibility index (Phi) is 7.86. The van der Waals surface area contributed by atoms with Gasteiger partial charge >= 0.3 is 0 Å². The van der Waals surface area contributed by atoms with Gasteiger partial charge in [0.25, 0.3) is 0 Å². The number of carbonyl (C=O) groups is 1. The molecule has 2 aromatic heterocycles. The van der Waals surface area contributed by atoms with Gasteiger partial charge in [-0.1, -0.05) is 20.4 Å². The maximum absolute atomic E-state index is 12.5. The number of hydrogen-bond acceptors (Lipinski definition) is 9. The molecule has 41 heavy (non-hydrogen) atoms. The molecule has 4 heterocycles. The zero-order chi connectivity index (χ0) is 29.3. The summed E-state index contributed by atoms with van der Waals surface area (Å²) in [7, 11) is 5.82. The van der Waals surface area contributed by atoms with E-state index in [4.69, 9.17) is 9.72 Å². The van der Waals surface area contributed by atoms with Crippen LogP contribution in [0.1, 0.15) is 38.1 Å². The van der Waals surface area contributed by atoms with Gasteiger partial charge in [0.05, 0.1) is 35.6 Å². The number of pyridine rings is 1. The summed E-state index contributed by atoms with van der Waals surface area (Å²) in [4.78, 5) is 33.1. The van der Waals surface area contributed by atoms with Crippen LogP contribution in [0.3, 0.4) is 0 Å². The number of anilines is 6. The number of benzene rings is 1. The molecule has 0 saturated carbocycles. The maximum Gasteiger partial charge on any atom is 0.247 e. The van der Waals surface area contributed by atoms with Gasteiger partial charge in [-0.15, -0.1) is 0 Å². The van der Waals surface area contributed by atoms with Gasteiger partial charge in [-0.3, -0.25) is 9.78 Å². The molecule has 1 saturated heterocycles. The van der Waals surface area contributed by atoms with Crippen LogP contribution in [0, 0.1) is 6.92 Å². The van der Waals surface area contributed by atoms with E-state index in [1.807, 2.05) is 31.2 Å². The van der Waals surface area contributed by atoms with Crippen molar-refractivity contribution >= 4 is 40.3 Å². The third-order valence-corrected chi connectivity index (χ3v) is 7.71. The Morgan fingerprint density at radius 3 is 2.73 bits per heavy atom. The molecule has 10 nitrogen and oxygen atoms in total. The summed E-state index contributed by atoms with van der Waals surface area (Å²) in [5, 5.41) is 6.43. The summed E-state index contributed by atoms with van der Waals surface area (Å²) < 4.78 is 5.84. The lowest BCUT2D eigenvalue weighted by atomic mass is 9.91. The normalized spacial score (nSPS) is 17.5. The van der Waals surface area contributed by atoms with Crippen LogP contribution in [0.15, 0.2) is 49.3 Å². The van der Waals surface area contributed by atoms with Crippen molar-refractivity contribution in [2.24, 2.45) is 0 Å². The molecule has 0 bridgehead atoms. The molecule has 2 aliphatic heterocycles. The molecule has 1 fully saturated rings. The molecule has 2 N–H and O–H groups in total. The second-order valence-corrected chi connectivity index (χ2v) is 11.7. The molecule has 1 aromatic carbocycles. The maximum atomic E-state index is 12.5. The zero-order valence-corrected chi connectivity index (χ0v) is 24.9. The van der Waals surface area contributed by atoms with Crippen molar-refractivity contribution in [2.75, 3.05) is 61.3 Å². The van der Waals surface area contributed by atoms with Crippen molar-refractivity contribution in [2.45, 2.75) is 45.1 Å². The quantitative estimate of drug-likeness (QED) is 0.352. The SMILES string of the molecule is C=CC(=O)Nc1cc(Nc2cc(N3CC(C)(C)c4nc(C)ccc43)ncn2)c(OC)cc1N1CCC[C@@H]1CN(C)C. The highest BCUT2D eigenvalue weighted by atomic mass is 16.5. The standard InChI is InChI=1S/C31H40N8O2/c1-8-29(40)36-22-14-23(26(41-7)15-25(22)38-13-9-10-21(38)17-37(5)6)35-27-16-28(33-19-32-27)39-18-31(3,4)30-24(39)12-11-20(2)34-30/h8,11-12,14-16,19,21H,1,9-10,13,17-18H2,2-7H3,(H,36,40)(H,32,33,35)/t21-/m1/s1. The predicted octanol–water partition coefficient (Wildman–Crippen LogP) is 5.02. The molecular weight excluding hydrogens is 516 g/mol. The Balaban J connectivity index is 1.49. The molecule has 0 unspecified atom stereocenters. The third kappa shape index (κ3) is 5.83. The summed E-state index contributed by atoms with van der Waals surface area (Å²) in [5.74, 6) is 1.77. The van der Waals surface area contributed by atoms with Crippen molar-refractivity contribution in [3.8, 4) is 5.75 Å². The average molecular weight is 557 g/mol. The number of ether oxygens (including phenoxy) is 1. The fraction of sp³-hybridized carbons (Fsp3) is 0.419. The molecule has 0 aliphatic carbocycles. The van der Waals surface area contributed by atoms with E-state index in [2.05, 4.69) is 75.9 Å². The van der Waals surface area contributed by atoms with Crippen LogP contribution in [-0.4, -0.2) is 72.6 Å². The lowest BCUT2D eigenvalue weighted by Crippen LogP contribution is -2.38. The first kappa shape index (κ1) is 28.4. The Bertz CT molecular complexity index is 1450. The van der Waals surface area contributed by atoms with E-state index in [1.54, 1.807) is 13.4 Å². The number of methoxy groups -OCH3 is 1. The zero-order valence-electron chi connectivity index (χ0n) is 24.9. The highest BCUT2D eigenvalue weighted by molar-refractivity contribution is 6.02. The van der Waals surface area contributed by atoms with Crippen LogP contribution in [0.25, 0.3) is 0 Å². The van der Waals surface area contributed by atoms with E-state index in [9.17, 15) is 4.79 Å². The van der Waals surface area contributed by atoms with Crippen LogP contribution in [0.4, 0.5) is 34.4 Å². The Morgan fingerprint density at radius 1 is 1.20 bits per heavy atom. The Hall–Kier alpha value is -4.18. The van der Waals surface area contributed by atoms with E-state index in [0.717, 1.165) is 61.1 Å². The lowest BCUT2D eigenvalue weighted by molar-refractivity contribution is -0.111. The molecule has 0 spiro atoms. The molecular formula is C31H40N8O2. The largest absolute Gasteiger partial charge is 0.494 e. The number of nitrogens with one attached hydrogen (secondary N) is 2. The minimum absolute atomic E-state index is 0.114. The summed E-state index contributed by atoms with van der Waals surface area (Å²) in [6.45, 7) is 12.6. The first-order valence-corrected chi connectivity index (χ1v) is 14.0. The number of rotatable bonds is 9. The molecule has 216 valence electrons. The smallest absolute Gasteiger partial charge is 0.247 e. The summed E-state index contributed by atoms with van der Waals surface area (Å²) in [6.07, 6.45) is 5.02. The molecule has 5 rings (SSSR count). The molecule has 3 aromatic rings. The molecule has 10 heteroatoms. The predicted molar refractivity (Wildman–Crippen MR) is 165 cm³/mol. The van der Waals surface area contributed by atoms with Crippen molar-refractivity contribution in [3.05, 3.63) is 60.7 Å². The topological polar surface area (TPSA) is 98.8 Å². The lowest BCUT2D eigenvalue weighted by Gasteiger charge is -2.31. The van der Waals surface area contributed by atoms with Crippen LogP contribution >= 0.6 is 0 Å². The number of aryl methyl sites for hydroxylation is 1. The number of hydrogen-bond donors (Lipinski definition) is 2. The Labute approximate surface area is 242 Å².